The number of likely N-dealkylation sites (tertiary alicyclic amines) is 2. The number of nitrogens with zero attached hydrogens (tertiary/aromatic N) is 2. The topological polar surface area (TPSA) is 99.5 Å². The molecule has 2 saturated heterocycles. The van der Waals surface area contributed by atoms with Crippen molar-refractivity contribution in [2.24, 2.45) is 11.8 Å². The number of benzene rings is 2. The molecule has 0 spiro atoms. The average Bonchev–Trinajstić information content (AvgIpc) is 3.13. The highest BCUT2D eigenvalue weighted by atomic mass is 16.6. The zero-order chi connectivity index (χ0) is 38.6. The molecule has 4 bridgehead atoms. The number of aliphatic hydroxyl groups is 2. The molecule has 4 fully saturated rings. The molecule has 8 rings (SSSR count). The molecule has 7 unspecified atom stereocenters. The lowest BCUT2D eigenvalue weighted by Gasteiger charge is -2.58. The minimum Gasteiger partial charge on any atom is -0.444 e. The highest BCUT2D eigenvalue weighted by Gasteiger charge is 2.56. The molecule has 2 saturated carbocycles. The third-order valence-corrected chi connectivity index (χ3v) is 13.8. The summed E-state index contributed by atoms with van der Waals surface area (Å²) in [5, 5.41) is 19.5. The predicted molar refractivity (Wildman–Crippen MR) is 212 cm³/mol. The number of amides is 2. The summed E-state index contributed by atoms with van der Waals surface area (Å²) in [6.45, 7) is 16.9. The van der Waals surface area contributed by atoms with Gasteiger partial charge in [-0.15, -0.1) is 0 Å². The average molecular weight is 741 g/mol. The van der Waals surface area contributed by atoms with Crippen LogP contribution in [0, 0.1) is 11.8 Å². The Balaban J connectivity index is 0.000000167. The van der Waals surface area contributed by atoms with Crippen molar-refractivity contribution in [3.05, 3.63) is 76.4 Å². The third kappa shape index (κ3) is 7.11. The van der Waals surface area contributed by atoms with Crippen LogP contribution in [0.15, 0.2) is 43.0 Å². The lowest BCUT2D eigenvalue weighted by Crippen LogP contribution is -2.62. The largest absolute Gasteiger partial charge is 0.444 e. The van der Waals surface area contributed by atoms with Gasteiger partial charge in [0.05, 0.1) is 6.61 Å². The van der Waals surface area contributed by atoms with Crippen molar-refractivity contribution in [1.29, 1.82) is 0 Å². The van der Waals surface area contributed by atoms with Crippen LogP contribution in [-0.4, -0.2) is 75.2 Å². The molecule has 8 heteroatoms. The minimum absolute atomic E-state index is 0.0835. The fourth-order valence-electron chi connectivity index (χ4n) is 11.6. The quantitative estimate of drug-likeness (QED) is 0.326. The van der Waals surface area contributed by atoms with Gasteiger partial charge < -0.3 is 29.5 Å². The van der Waals surface area contributed by atoms with Crippen LogP contribution in [0.4, 0.5) is 9.59 Å². The van der Waals surface area contributed by atoms with Crippen LogP contribution in [0.5, 0.6) is 0 Å². The van der Waals surface area contributed by atoms with Gasteiger partial charge in [-0.25, -0.2) is 9.59 Å². The molecule has 2 amide bonds. The first kappa shape index (κ1) is 38.9. The van der Waals surface area contributed by atoms with Crippen LogP contribution < -0.4 is 0 Å². The molecule has 2 aromatic rings. The second kappa shape index (κ2) is 14.6. The Kier molecular flexibility index (Phi) is 10.5. The standard InChI is InChI=1S/C23H33NO4.C23H31NO2/c1-22(2,3)28-21(27)24-11-10-23-9-5-4-6-17(23)19(24)13-15-7-8-16(12-18(15)23)20(26)14-25;1-5-16-9-10-17-15-20-18-8-6-7-11-23(18,19(17)14-16)12-13-24(20)21(25)26-22(2,3)4/h7-8,12,17,19-20,25-26H,4-6,9-11,13-14H2,1-3H3;5,9-10,14,18,20H,1,6-8,11-13,15H2,2-4H3. The number of rotatable bonds is 3. The molecule has 294 valence electrons. The fourth-order valence-corrected chi connectivity index (χ4v) is 11.6. The lowest BCUT2D eigenvalue weighted by molar-refractivity contribution is -0.0356. The van der Waals surface area contributed by atoms with Gasteiger partial charge in [-0.05, 0) is 138 Å². The first-order chi connectivity index (χ1) is 25.6. The smallest absolute Gasteiger partial charge is 0.410 e. The Morgan fingerprint density at radius 3 is 1.72 bits per heavy atom. The minimum atomic E-state index is -0.830. The number of fused-ring (bicyclic) bond motifs is 2. The molecule has 2 aliphatic heterocycles. The molecule has 54 heavy (non-hydrogen) atoms. The van der Waals surface area contributed by atoms with E-state index in [2.05, 4.69) is 36.9 Å². The summed E-state index contributed by atoms with van der Waals surface area (Å²) >= 11 is 0. The van der Waals surface area contributed by atoms with Gasteiger partial charge >= 0.3 is 12.2 Å². The maximum absolute atomic E-state index is 12.9. The second-order valence-corrected chi connectivity index (χ2v) is 19.1. The highest BCUT2D eigenvalue weighted by Crippen LogP contribution is 2.57. The number of aliphatic hydroxyl groups excluding tert-OH is 2. The Labute approximate surface area is 323 Å². The van der Waals surface area contributed by atoms with Crippen LogP contribution in [0.25, 0.3) is 6.08 Å². The van der Waals surface area contributed by atoms with E-state index in [1.54, 1.807) is 5.56 Å². The van der Waals surface area contributed by atoms with Crippen molar-refractivity contribution < 1.29 is 29.3 Å². The zero-order valence-electron chi connectivity index (χ0n) is 33.7. The van der Waals surface area contributed by atoms with Gasteiger partial charge in [-0.1, -0.05) is 74.7 Å². The van der Waals surface area contributed by atoms with Gasteiger partial charge in [0.15, 0.2) is 0 Å². The lowest BCUT2D eigenvalue weighted by atomic mass is 9.52. The molecule has 2 aromatic carbocycles. The second-order valence-electron chi connectivity index (χ2n) is 19.1. The van der Waals surface area contributed by atoms with E-state index < -0.39 is 17.3 Å². The Hall–Kier alpha value is -3.36. The van der Waals surface area contributed by atoms with Crippen LogP contribution in [0.3, 0.4) is 0 Å². The van der Waals surface area contributed by atoms with Crippen molar-refractivity contribution in [3.63, 3.8) is 0 Å². The number of ether oxygens (including phenoxy) is 2. The van der Waals surface area contributed by atoms with Crippen LogP contribution in [-0.2, 0) is 33.1 Å². The van der Waals surface area contributed by atoms with Crippen molar-refractivity contribution in [3.8, 4) is 0 Å². The summed E-state index contributed by atoms with van der Waals surface area (Å²) < 4.78 is 11.5. The summed E-state index contributed by atoms with van der Waals surface area (Å²) in [6.07, 6.45) is 14.4. The molecule has 2 heterocycles. The van der Waals surface area contributed by atoms with E-state index in [1.807, 2.05) is 63.5 Å². The number of carbonyl (C=O) groups is 2. The molecule has 7 atom stereocenters. The van der Waals surface area contributed by atoms with Crippen molar-refractivity contribution in [2.75, 3.05) is 19.7 Å². The number of hydrogen-bond acceptors (Lipinski definition) is 6. The molecule has 0 radical (unpaired) electrons. The van der Waals surface area contributed by atoms with Crippen molar-refractivity contribution in [2.45, 2.75) is 159 Å². The van der Waals surface area contributed by atoms with Gasteiger partial charge in [0.25, 0.3) is 0 Å². The number of piperidine rings is 2. The third-order valence-electron chi connectivity index (χ3n) is 13.8. The van der Waals surface area contributed by atoms with Gasteiger partial charge in [-0.3, -0.25) is 0 Å². The maximum Gasteiger partial charge on any atom is 0.410 e. The fraction of sp³-hybridized carbons (Fsp3) is 0.652. The van der Waals surface area contributed by atoms with Gasteiger partial charge in [-0.2, -0.15) is 0 Å². The van der Waals surface area contributed by atoms with Crippen molar-refractivity contribution >= 4 is 18.3 Å². The first-order valence-electron chi connectivity index (χ1n) is 20.8. The van der Waals surface area contributed by atoms with Gasteiger partial charge in [0, 0.05) is 36.0 Å². The van der Waals surface area contributed by atoms with E-state index in [-0.39, 0.29) is 41.7 Å². The summed E-state index contributed by atoms with van der Waals surface area (Å²) in [5.41, 5.74) is 7.01. The van der Waals surface area contributed by atoms with E-state index in [0.717, 1.165) is 57.2 Å². The van der Waals surface area contributed by atoms with E-state index >= 15 is 0 Å². The predicted octanol–water partition coefficient (Wildman–Crippen LogP) is 9.03. The van der Waals surface area contributed by atoms with E-state index in [9.17, 15) is 19.8 Å². The Bertz CT molecular complexity index is 1740. The molecular formula is C46H64N2O6. The van der Waals surface area contributed by atoms with Crippen LogP contribution >= 0.6 is 0 Å². The molecule has 8 nitrogen and oxygen atoms in total. The molecule has 6 aliphatic rings. The van der Waals surface area contributed by atoms with Gasteiger partial charge in [0.1, 0.15) is 17.3 Å². The molecule has 0 aromatic heterocycles. The van der Waals surface area contributed by atoms with E-state index in [1.165, 1.54) is 60.8 Å². The van der Waals surface area contributed by atoms with Crippen LogP contribution in [0.1, 0.15) is 145 Å². The summed E-state index contributed by atoms with van der Waals surface area (Å²) in [6, 6.07) is 13.4. The maximum atomic E-state index is 12.9. The Morgan fingerprint density at radius 1 is 0.778 bits per heavy atom. The molecule has 4 aliphatic carbocycles. The van der Waals surface area contributed by atoms with E-state index in [4.69, 9.17) is 9.47 Å². The van der Waals surface area contributed by atoms with Crippen molar-refractivity contribution in [1.82, 2.24) is 9.80 Å². The Morgan fingerprint density at radius 2 is 1.26 bits per heavy atom. The highest BCUT2D eigenvalue weighted by molar-refractivity contribution is 5.70. The normalized spacial score (nSPS) is 30.2. The first-order valence-corrected chi connectivity index (χ1v) is 20.8. The van der Waals surface area contributed by atoms with E-state index in [0.29, 0.717) is 11.8 Å². The zero-order valence-corrected chi connectivity index (χ0v) is 33.7. The monoisotopic (exact) mass is 740 g/mol. The number of hydrogen-bond donors (Lipinski definition) is 2. The summed E-state index contributed by atoms with van der Waals surface area (Å²) in [4.78, 5) is 29.8. The summed E-state index contributed by atoms with van der Waals surface area (Å²) in [5.74, 6) is 1.00. The molecule has 2 N–H and O–H groups in total. The summed E-state index contributed by atoms with van der Waals surface area (Å²) in [7, 11) is 0. The molecular weight excluding hydrogens is 677 g/mol. The SMILES string of the molecule is C=Cc1ccc2c(c1)C13CCCCC1C(C2)N(C(=O)OC(C)(C)C)CC3.CC(C)(C)OC(=O)N1CCC23CCCCC2C1Cc1ccc(C(O)CO)cc13. The van der Waals surface area contributed by atoms with Gasteiger partial charge in [0.2, 0.25) is 0 Å². The van der Waals surface area contributed by atoms with Crippen LogP contribution in [0.2, 0.25) is 0 Å². The number of carbonyl (C=O) groups excluding carboxylic acids is 2.